The lowest BCUT2D eigenvalue weighted by Crippen LogP contribution is -2.50. The van der Waals surface area contributed by atoms with Crippen LogP contribution in [-0.4, -0.2) is 48.5 Å². The van der Waals surface area contributed by atoms with Gasteiger partial charge in [0.1, 0.15) is 11.9 Å². The van der Waals surface area contributed by atoms with Crippen molar-refractivity contribution in [1.82, 2.24) is 4.90 Å². The summed E-state index contributed by atoms with van der Waals surface area (Å²) in [6, 6.07) is 4.55. The molecule has 1 aromatic rings. The first-order valence-electron chi connectivity index (χ1n) is 7.16. The summed E-state index contributed by atoms with van der Waals surface area (Å²) in [5.41, 5.74) is 0.564. The zero-order valence-electron chi connectivity index (χ0n) is 12.6. The average Bonchev–Trinajstić information content (AvgIpc) is 3.28. The fourth-order valence-corrected chi connectivity index (χ4v) is 3.06. The van der Waals surface area contributed by atoms with Gasteiger partial charge in [-0.25, -0.2) is 4.39 Å². The number of hydrogen-bond acceptors (Lipinski definition) is 5. The molecule has 5 nitrogen and oxygen atoms in total. The Kier molecular flexibility index (Phi) is 4.18. The predicted molar refractivity (Wildman–Crippen MR) is 82.5 cm³/mol. The van der Waals surface area contributed by atoms with Gasteiger partial charge in [-0.15, -0.1) is 0 Å². The molecular formula is C15H18FN3O2S. The van der Waals surface area contributed by atoms with Crippen LogP contribution in [-0.2, 0) is 10.5 Å². The van der Waals surface area contributed by atoms with Crippen molar-refractivity contribution in [1.29, 1.82) is 0 Å². The molecule has 0 aromatic heterocycles. The second-order valence-corrected chi connectivity index (χ2v) is 6.51. The summed E-state index contributed by atoms with van der Waals surface area (Å²) in [5.74, 6) is 0.183. The van der Waals surface area contributed by atoms with Gasteiger partial charge in [-0.2, -0.15) is 22.0 Å². The van der Waals surface area contributed by atoms with Crippen LogP contribution in [0.15, 0.2) is 28.4 Å². The van der Waals surface area contributed by atoms with E-state index in [0.717, 1.165) is 0 Å². The predicted octanol–water partition coefficient (Wildman–Crippen LogP) is 2.71. The molecule has 0 bridgehead atoms. The number of ether oxygens (including phenoxy) is 1. The van der Waals surface area contributed by atoms with Crippen LogP contribution in [0.4, 0.5) is 4.39 Å². The molecule has 1 amide bonds. The highest BCUT2D eigenvalue weighted by Gasteiger charge is 2.46. The molecule has 1 aromatic carbocycles. The molecular weight excluding hydrogens is 305 g/mol. The van der Waals surface area contributed by atoms with Gasteiger partial charge in [0.25, 0.3) is 5.91 Å². The number of nitrogens with zero attached hydrogens (tertiary/aromatic N) is 3. The van der Waals surface area contributed by atoms with Gasteiger partial charge >= 0.3 is 0 Å². The maximum Gasteiger partial charge on any atom is 0.254 e. The van der Waals surface area contributed by atoms with Crippen LogP contribution in [0.1, 0.15) is 22.8 Å². The van der Waals surface area contributed by atoms with Crippen LogP contribution in [0, 0.1) is 5.82 Å². The summed E-state index contributed by atoms with van der Waals surface area (Å²) in [6.07, 6.45) is 1.71. The molecule has 7 heteroatoms. The normalized spacial score (nSPS) is 22.7. The molecule has 2 aliphatic heterocycles. The lowest BCUT2D eigenvalue weighted by Gasteiger charge is -2.34. The number of benzene rings is 1. The zero-order chi connectivity index (χ0) is 15.7. The molecule has 0 saturated carbocycles. The highest BCUT2D eigenvalue weighted by Crippen LogP contribution is 2.34. The van der Waals surface area contributed by atoms with Crippen LogP contribution in [0.5, 0.6) is 0 Å². The number of carbonyl (C=O) groups excluding carboxylic acids is 1. The van der Waals surface area contributed by atoms with Crippen molar-refractivity contribution >= 4 is 17.7 Å². The van der Waals surface area contributed by atoms with Crippen LogP contribution >= 0.6 is 11.8 Å². The lowest BCUT2D eigenvalue weighted by molar-refractivity contribution is -0.0388. The molecule has 3 rings (SSSR count). The molecule has 0 N–H and O–H groups in total. The number of halogens is 1. The Hall–Kier alpha value is -1.47. The number of amides is 1. The van der Waals surface area contributed by atoms with Gasteiger partial charge in [0.2, 0.25) is 5.66 Å². The zero-order valence-corrected chi connectivity index (χ0v) is 13.4. The van der Waals surface area contributed by atoms with E-state index in [-0.39, 0.29) is 17.8 Å². The summed E-state index contributed by atoms with van der Waals surface area (Å²) >= 11 is 1.53. The monoisotopic (exact) mass is 323 g/mol. The number of rotatable bonds is 4. The highest BCUT2D eigenvalue weighted by molar-refractivity contribution is 7.97. The summed E-state index contributed by atoms with van der Waals surface area (Å²) < 4.78 is 19.4. The number of hydrogen-bond donors (Lipinski definition) is 0. The Morgan fingerprint density at radius 1 is 1.55 bits per heavy atom. The van der Waals surface area contributed by atoms with E-state index >= 15 is 0 Å². The largest absolute Gasteiger partial charge is 0.370 e. The van der Waals surface area contributed by atoms with Gasteiger partial charge in [0, 0.05) is 17.9 Å². The fourth-order valence-electron chi connectivity index (χ4n) is 2.53. The van der Waals surface area contributed by atoms with Crippen molar-refractivity contribution in [2.45, 2.75) is 24.4 Å². The van der Waals surface area contributed by atoms with Crippen molar-refractivity contribution in [2.75, 3.05) is 26.0 Å². The maximum absolute atomic E-state index is 13.7. The minimum atomic E-state index is -0.508. The van der Waals surface area contributed by atoms with Crippen LogP contribution < -0.4 is 0 Å². The quantitative estimate of drug-likeness (QED) is 0.856. The van der Waals surface area contributed by atoms with E-state index < -0.39 is 5.66 Å². The topological polar surface area (TPSA) is 54.3 Å². The molecule has 22 heavy (non-hydrogen) atoms. The third kappa shape index (κ3) is 3.01. The first-order chi connectivity index (χ1) is 10.5. The SMILES string of the molecule is CSCc1cc(C(=O)N2CCOC(C3(C)N=N3)C2)ccc1F. The molecule has 0 spiro atoms. The van der Waals surface area contributed by atoms with E-state index in [2.05, 4.69) is 10.2 Å². The van der Waals surface area contributed by atoms with E-state index in [4.69, 9.17) is 4.74 Å². The van der Waals surface area contributed by atoms with Crippen molar-refractivity contribution in [3.05, 3.63) is 35.1 Å². The first kappa shape index (κ1) is 15.4. The van der Waals surface area contributed by atoms with Gasteiger partial charge in [-0.3, -0.25) is 4.79 Å². The molecule has 118 valence electrons. The Balaban J connectivity index is 1.74. The Bertz CT molecular complexity index is 617. The lowest BCUT2D eigenvalue weighted by atomic mass is 10.1. The third-order valence-electron chi connectivity index (χ3n) is 3.97. The van der Waals surface area contributed by atoms with Gasteiger partial charge < -0.3 is 9.64 Å². The van der Waals surface area contributed by atoms with Crippen molar-refractivity contribution < 1.29 is 13.9 Å². The molecule has 1 saturated heterocycles. The Morgan fingerprint density at radius 3 is 3.00 bits per heavy atom. The second-order valence-electron chi connectivity index (χ2n) is 5.64. The smallest absolute Gasteiger partial charge is 0.254 e. The second kappa shape index (κ2) is 5.96. The minimum absolute atomic E-state index is 0.0973. The van der Waals surface area contributed by atoms with Crippen molar-refractivity contribution in [3.63, 3.8) is 0 Å². The molecule has 1 atom stereocenters. The van der Waals surface area contributed by atoms with Crippen molar-refractivity contribution in [2.24, 2.45) is 10.2 Å². The van der Waals surface area contributed by atoms with Gasteiger partial charge in [-0.05, 0) is 36.9 Å². The van der Waals surface area contributed by atoms with E-state index in [9.17, 15) is 9.18 Å². The minimum Gasteiger partial charge on any atom is -0.370 e. The fraction of sp³-hybridized carbons (Fsp3) is 0.533. The van der Waals surface area contributed by atoms with Gasteiger partial charge in [0.15, 0.2) is 0 Å². The summed E-state index contributed by atoms with van der Waals surface area (Å²) in [4.78, 5) is 14.4. The first-order valence-corrected chi connectivity index (χ1v) is 8.55. The summed E-state index contributed by atoms with van der Waals surface area (Å²) in [5, 5.41) is 7.97. The third-order valence-corrected chi connectivity index (χ3v) is 4.57. The van der Waals surface area contributed by atoms with E-state index in [0.29, 0.717) is 36.6 Å². The Labute approximate surface area is 132 Å². The number of morpholine rings is 1. The van der Waals surface area contributed by atoms with Crippen LogP contribution in [0.2, 0.25) is 0 Å². The van der Waals surface area contributed by atoms with Gasteiger partial charge in [0.05, 0.1) is 13.2 Å². The van der Waals surface area contributed by atoms with E-state index in [1.807, 2.05) is 13.2 Å². The molecule has 2 aliphatic rings. The molecule has 2 heterocycles. The standard InChI is InChI=1S/C15H18FN3O2S/c1-15(17-18-15)13-8-19(5-6-21-13)14(20)10-3-4-12(16)11(7-10)9-22-2/h3-4,7,13H,5-6,8-9H2,1-2H3. The van der Waals surface area contributed by atoms with Crippen molar-refractivity contribution in [3.8, 4) is 0 Å². The number of carbonyl (C=O) groups is 1. The molecule has 0 radical (unpaired) electrons. The highest BCUT2D eigenvalue weighted by atomic mass is 32.2. The Morgan fingerprint density at radius 2 is 2.32 bits per heavy atom. The summed E-state index contributed by atoms with van der Waals surface area (Å²) in [7, 11) is 0. The van der Waals surface area contributed by atoms with E-state index in [1.54, 1.807) is 17.0 Å². The van der Waals surface area contributed by atoms with Gasteiger partial charge in [-0.1, -0.05) is 0 Å². The van der Waals surface area contributed by atoms with Crippen LogP contribution in [0.3, 0.4) is 0 Å². The summed E-state index contributed by atoms with van der Waals surface area (Å²) in [6.45, 7) is 3.34. The molecule has 1 fully saturated rings. The average molecular weight is 323 g/mol. The number of thioether (sulfide) groups is 1. The molecule has 1 unspecified atom stereocenters. The van der Waals surface area contributed by atoms with Crippen LogP contribution in [0.25, 0.3) is 0 Å². The molecule has 0 aliphatic carbocycles. The maximum atomic E-state index is 13.7. The van der Waals surface area contributed by atoms with E-state index in [1.165, 1.54) is 17.8 Å².